The zero-order valence-corrected chi connectivity index (χ0v) is 37.8. The number of methoxy groups -OCH3 is 2. The summed E-state index contributed by atoms with van der Waals surface area (Å²) < 4.78 is 10.2. The summed E-state index contributed by atoms with van der Waals surface area (Å²) in [5.74, 6) is -1.72. The van der Waals surface area contributed by atoms with Crippen molar-refractivity contribution in [2.24, 2.45) is 0 Å². The molecule has 64 heavy (non-hydrogen) atoms. The van der Waals surface area contributed by atoms with E-state index in [1.807, 2.05) is 134 Å². The van der Waals surface area contributed by atoms with Crippen LogP contribution >= 0.6 is 0 Å². The first-order valence-corrected chi connectivity index (χ1v) is 22.1. The summed E-state index contributed by atoms with van der Waals surface area (Å²) in [6.07, 6.45) is 3.71. The van der Waals surface area contributed by atoms with Crippen LogP contribution in [0.3, 0.4) is 0 Å². The SMILES string of the molecule is CN[C@@H]1CCN(C(=O)C(c2ccccc2)c2ccccc2)[C@H](C(=O)OC)C1.CO.COC(=O)[C@@H]1C[C@H](N(C)CCc2ccccc2)CCN1C(=O)C(c1ccccc1)c1ccccc1. The zero-order valence-electron chi connectivity index (χ0n) is 37.8. The van der Waals surface area contributed by atoms with Gasteiger partial charge in [-0.15, -0.1) is 0 Å². The number of hydrogen-bond acceptors (Lipinski definition) is 9. The minimum atomic E-state index is -0.597. The monoisotopic (exact) mass is 868 g/mol. The van der Waals surface area contributed by atoms with Crippen LogP contribution < -0.4 is 5.32 Å². The second-order valence-corrected chi connectivity index (χ2v) is 16.1. The van der Waals surface area contributed by atoms with E-state index < -0.39 is 23.9 Å². The molecule has 0 bridgehead atoms. The molecule has 4 atom stereocenters. The fraction of sp³-hybridized carbons (Fsp3) is 0.358. The maximum atomic E-state index is 14.0. The summed E-state index contributed by atoms with van der Waals surface area (Å²) in [4.78, 5) is 58.7. The van der Waals surface area contributed by atoms with Gasteiger partial charge in [-0.3, -0.25) is 9.59 Å². The average molecular weight is 869 g/mol. The van der Waals surface area contributed by atoms with Gasteiger partial charge in [0.2, 0.25) is 11.8 Å². The molecule has 2 fully saturated rings. The Morgan fingerprint density at radius 3 is 1.33 bits per heavy atom. The molecule has 2 amide bonds. The molecule has 0 aromatic heterocycles. The van der Waals surface area contributed by atoms with E-state index >= 15 is 0 Å². The van der Waals surface area contributed by atoms with Gasteiger partial charge in [0.15, 0.2) is 0 Å². The van der Waals surface area contributed by atoms with Crippen molar-refractivity contribution >= 4 is 23.8 Å². The van der Waals surface area contributed by atoms with Gasteiger partial charge in [-0.1, -0.05) is 152 Å². The molecule has 0 spiro atoms. The minimum absolute atomic E-state index is 0.0526. The van der Waals surface area contributed by atoms with E-state index in [2.05, 4.69) is 41.5 Å². The van der Waals surface area contributed by atoms with Crippen molar-refractivity contribution in [3.8, 4) is 0 Å². The molecular weight excluding hydrogens is 805 g/mol. The van der Waals surface area contributed by atoms with E-state index in [0.717, 1.165) is 55.2 Å². The topological polar surface area (TPSA) is 129 Å². The molecule has 2 heterocycles. The first kappa shape index (κ1) is 48.9. The fourth-order valence-electron chi connectivity index (χ4n) is 8.82. The minimum Gasteiger partial charge on any atom is -0.467 e. The molecule has 0 radical (unpaired) electrons. The van der Waals surface area contributed by atoms with Crippen molar-refractivity contribution in [2.75, 3.05) is 55.1 Å². The lowest BCUT2D eigenvalue weighted by Crippen LogP contribution is -2.55. The average Bonchev–Trinajstić information content (AvgIpc) is 3.37. The maximum Gasteiger partial charge on any atom is 0.328 e. The number of likely N-dealkylation sites (N-methyl/N-ethyl adjacent to an activating group) is 1. The van der Waals surface area contributed by atoms with Gasteiger partial charge < -0.3 is 34.6 Å². The molecule has 338 valence electrons. The third-order valence-corrected chi connectivity index (χ3v) is 12.3. The van der Waals surface area contributed by atoms with E-state index in [0.29, 0.717) is 25.9 Å². The zero-order chi connectivity index (χ0) is 45.8. The first-order chi connectivity index (χ1) is 31.2. The van der Waals surface area contributed by atoms with Gasteiger partial charge >= 0.3 is 11.9 Å². The molecule has 2 aliphatic heterocycles. The number of nitrogens with one attached hydrogen (secondary N) is 1. The molecule has 5 aromatic carbocycles. The molecule has 11 heteroatoms. The van der Waals surface area contributed by atoms with E-state index in [1.165, 1.54) is 19.8 Å². The van der Waals surface area contributed by atoms with Crippen LogP contribution in [0.25, 0.3) is 0 Å². The van der Waals surface area contributed by atoms with Crippen LogP contribution in [0.4, 0.5) is 0 Å². The Morgan fingerprint density at radius 2 is 0.953 bits per heavy atom. The van der Waals surface area contributed by atoms with Gasteiger partial charge in [-0.25, -0.2) is 9.59 Å². The molecule has 7 rings (SSSR count). The molecule has 5 aromatic rings. The quantitative estimate of drug-likeness (QED) is 0.124. The normalized spacial score (nSPS) is 18.3. The summed E-state index contributed by atoms with van der Waals surface area (Å²) in [5, 5.41) is 10.2. The number of esters is 2. The van der Waals surface area contributed by atoms with Crippen molar-refractivity contribution in [3.05, 3.63) is 179 Å². The second-order valence-electron chi connectivity index (χ2n) is 16.1. The van der Waals surface area contributed by atoms with E-state index in [1.54, 1.807) is 9.80 Å². The summed E-state index contributed by atoms with van der Waals surface area (Å²) in [6.45, 7) is 1.95. The van der Waals surface area contributed by atoms with Crippen LogP contribution in [-0.4, -0.2) is 123 Å². The van der Waals surface area contributed by atoms with Gasteiger partial charge in [0.05, 0.1) is 26.1 Å². The van der Waals surface area contributed by atoms with Crippen LogP contribution in [0.15, 0.2) is 152 Å². The van der Waals surface area contributed by atoms with Crippen molar-refractivity contribution in [2.45, 2.75) is 68.1 Å². The molecule has 0 saturated carbocycles. The Morgan fingerprint density at radius 1 is 0.594 bits per heavy atom. The second kappa shape index (κ2) is 25.2. The predicted octanol–water partition coefficient (Wildman–Crippen LogP) is 6.70. The Bertz CT molecular complexity index is 2080. The largest absolute Gasteiger partial charge is 0.467 e. The molecule has 0 unspecified atom stereocenters. The highest BCUT2D eigenvalue weighted by Gasteiger charge is 2.42. The van der Waals surface area contributed by atoms with Gasteiger partial charge in [0.1, 0.15) is 12.1 Å². The Labute approximate surface area is 379 Å². The van der Waals surface area contributed by atoms with Gasteiger partial charge in [0, 0.05) is 38.8 Å². The van der Waals surface area contributed by atoms with Crippen molar-refractivity contribution in [1.29, 1.82) is 0 Å². The van der Waals surface area contributed by atoms with Crippen molar-refractivity contribution < 1.29 is 33.8 Å². The molecule has 0 aliphatic carbocycles. The summed E-state index contributed by atoms with van der Waals surface area (Å²) in [6, 6.07) is 48.7. The molecule has 2 aliphatic rings. The van der Waals surface area contributed by atoms with E-state index in [-0.39, 0.29) is 35.8 Å². The number of carbonyl (C=O) groups is 4. The number of hydrogen-bond donors (Lipinski definition) is 2. The van der Waals surface area contributed by atoms with Crippen LogP contribution in [-0.2, 0) is 35.1 Å². The number of ether oxygens (including phenoxy) is 2. The number of aliphatic hydroxyl groups excluding tert-OH is 1. The Balaban J connectivity index is 0.000000239. The number of benzene rings is 5. The summed E-state index contributed by atoms with van der Waals surface area (Å²) in [5.41, 5.74) is 5.00. The molecule has 11 nitrogen and oxygen atoms in total. The highest BCUT2D eigenvalue weighted by molar-refractivity contribution is 5.92. The third-order valence-electron chi connectivity index (χ3n) is 12.3. The number of amides is 2. The smallest absolute Gasteiger partial charge is 0.328 e. The number of rotatable bonds is 13. The standard InChI is InChI=1S/C30H34N2O3.C22H26N2O3.CH4O/c1-31(20-18-23-12-6-3-7-13-23)26-19-21-32(27(22-26)30(34)35-2)29(33)28(24-14-8-4-9-15-24)25-16-10-5-11-17-25;1-23-18-13-14-24(19(15-18)22(26)27-2)21(25)20(16-9-5-3-6-10-16)17-11-7-4-8-12-17;1-2/h3-17,26-28H,18-22H2,1-2H3;3-12,18-20,23H,13-15H2,1-2H3;2H,1H3/t26-,27+;18-,19+;/m11./s1. The van der Waals surface area contributed by atoms with E-state index in [4.69, 9.17) is 14.6 Å². The van der Waals surface area contributed by atoms with Gasteiger partial charge in [-0.2, -0.15) is 0 Å². The highest BCUT2D eigenvalue weighted by Crippen LogP contribution is 2.33. The van der Waals surface area contributed by atoms with Gasteiger partial charge in [-0.05, 0) is 74.0 Å². The maximum absolute atomic E-state index is 14.0. The number of carbonyl (C=O) groups excluding carboxylic acids is 4. The molecule has 2 N–H and O–H groups in total. The Hall–Kier alpha value is -6.14. The van der Waals surface area contributed by atoms with E-state index in [9.17, 15) is 19.2 Å². The number of nitrogens with zero attached hydrogens (tertiary/aromatic N) is 3. The summed E-state index contributed by atoms with van der Waals surface area (Å²) in [7, 11) is 7.77. The van der Waals surface area contributed by atoms with Crippen LogP contribution in [0.1, 0.15) is 65.3 Å². The highest BCUT2D eigenvalue weighted by atomic mass is 16.5. The van der Waals surface area contributed by atoms with Crippen LogP contribution in [0.2, 0.25) is 0 Å². The third kappa shape index (κ3) is 12.7. The number of aliphatic hydroxyl groups is 1. The molecule has 2 saturated heterocycles. The number of likely N-dealkylation sites (tertiary alicyclic amines) is 2. The lowest BCUT2D eigenvalue weighted by Gasteiger charge is -2.42. The van der Waals surface area contributed by atoms with Crippen LogP contribution in [0.5, 0.6) is 0 Å². The lowest BCUT2D eigenvalue weighted by molar-refractivity contribution is -0.156. The lowest BCUT2D eigenvalue weighted by atomic mass is 9.87. The molecular formula is C53H64N4O7. The van der Waals surface area contributed by atoms with Crippen LogP contribution in [0, 0.1) is 0 Å². The van der Waals surface area contributed by atoms with Crippen molar-refractivity contribution in [3.63, 3.8) is 0 Å². The first-order valence-electron chi connectivity index (χ1n) is 22.1. The number of piperidine rings is 2. The van der Waals surface area contributed by atoms with Crippen molar-refractivity contribution in [1.82, 2.24) is 20.0 Å². The summed E-state index contributed by atoms with van der Waals surface area (Å²) >= 11 is 0. The Kier molecular flexibility index (Phi) is 19.3. The van der Waals surface area contributed by atoms with Gasteiger partial charge in [0.25, 0.3) is 0 Å². The fourth-order valence-corrected chi connectivity index (χ4v) is 8.82. The predicted molar refractivity (Wildman–Crippen MR) is 251 cm³/mol.